The topological polar surface area (TPSA) is 70.0 Å². The lowest BCUT2D eigenvalue weighted by atomic mass is 10.2. The van der Waals surface area contributed by atoms with E-state index in [1.54, 1.807) is 26.0 Å². The van der Waals surface area contributed by atoms with Crippen molar-refractivity contribution in [2.24, 2.45) is 0 Å². The fourth-order valence-corrected chi connectivity index (χ4v) is 3.00. The molecule has 0 saturated heterocycles. The summed E-state index contributed by atoms with van der Waals surface area (Å²) < 4.78 is 26.5. The zero-order valence-electron chi connectivity index (χ0n) is 10.2. The Morgan fingerprint density at radius 2 is 2.06 bits per heavy atom. The zero-order valence-corrected chi connectivity index (χ0v) is 11.0. The highest BCUT2D eigenvalue weighted by Gasteiger charge is 2.20. The van der Waals surface area contributed by atoms with Gasteiger partial charge in [-0.05, 0) is 37.5 Å². The van der Waals surface area contributed by atoms with Crippen LogP contribution in [0.3, 0.4) is 0 Å². The number of rotatable bonds is 4. The van der Waals surface area contributed by atoms with Crippen LogP contribution in [-0.4, -0.2) is 14.5 Å². The molecule has 92 valence electrons. The molecular formula is C12H16N2O2S. The molecule has 1 atom stereocenters. The number of hydrogen-bond donors (Lipinski definition) is 1. The quantitative estimate of drug-likeness (QED) is 0.889. The van der Waals surface area contributed by atoms with Crippen LogP contribution < -0.4 is 4.72 Å². The third kappa shape index (κ3) is 3.29. The number of aryl methyl sites for hydroxylation is 2. The summed E-state index contributed by atoms with van der Waals surface area (Å²) >= 11 is 0. The van der Waals surface area contributed by atoms with E-state index in [1.807, 2.05) is 19.1 Å². The van der Waals surface area contributed by atoms with E-state index in [1.165, 1.54) is 0 Å². The second kappa shape index (κ2) is 5.30. The molecule has 0 heterocycles. The molecule has 0 aliphatic heterocycles. The average molecular weight is 252 g/mol. The molecule has 1 rings (SSSR count). The van der Waals surface area contributed by atoms with Gasteiger partial charge in [-0.15, -0.1) is 0 Å². The van der Waals surface area contributed by atoms with E-state index in [-0.39, 0.29) is 4.90 Å². The normalized spacial score (nSPS) is 13.1. The summed E-state index contributed by atoms with van der Waals surface area (Å²) in [6.07, 6.45) is 0.445. The van der Waals surface area contributed by atoms with Crippen molar-refractivity contribution in [1.29, 1.82) is 5.26 Å². The summed E-state index contributed by atoms with van der Waals surface area (Å²) in [4.78, 5) is 0.242. The summed E-state index contributed by atoms with van der Waals surface area (Å²) in [6, 6.07) is 6.47. The van der Waals surface area contributed by atoms with Crippen molar-refractivity contribution in [1.82, 2.24) is 4.72 Å². The number of benzene rings is 1. The third-order valence-corrected chi connectivity index (χ3v) is 4.11. The maximum Gasteiger partial charge on any atom is 0.241 e. The van der Waals surface area contributed by atoms with Gasteiger partial charge in [-0.2, -0.15) is 9.98 Å². The van der Waals surface area contributed by atoms with E-state index in [9.17, 15) is 8.42 Å². The van der Waals surface area contributed by atoms with Gasteiger partial charge in [-0.25, -0.2) is 8.42 Å². The molecule has 1 N–H and O–H groups in total. The monoisotopic (exact) mass is 252 g/mol. The van der Waals surface area contributed by atoms with Crippen molar-refractivity contribution in [3.05, 3.63) is 29.3 Å². The second-order valence-corrected chi connectivity index (χ2v) is 5.66. The molecule has 0 aliphatic rings. The van der Waals surface area contributed by atoms with Gasteiger partial charge in [0.25, 0.3) is 0 Å². The summed E-state index contributed by atoms with van der Waals surface area (Å²) in [5, 5.41) is 8.78. The summed E-state index contributed by atoms with van der Waals surface area (Å²) in [7, 11) is -3.61. The molecule has 17 heavy (non-hydrogen) atoms. The molecule has 0 bridgehead atoms. The molecule has 0 aromatic heterocycles. The molecule has 0 radical (unpaired) electrons. The molecule has 0 spiro atoms. The Kier molecular flexibility index (Phi) is 4.27. The van der Waals surface area contributed by atoms with Gasteiger partial charge in [0.2, 0.25) is 10.0 Å². The van der Waals surface area contributed by atoms with Crippen molar-refractivity contribution >= 4 is 10.0 Å². The first-order valence-corrected chi connectivity index (χ1v) is 6.88. The van der Waals surface area contributed by atoms with Crippen LogP contribution in [0.5, 0.6) is 0 Å². The van der Waals surface area contributed by atoms with Gasteiger partial charge in [-0.3, -0.25) is 0 Å². The van der Waals surface area contributed by atoms with Gasteiger partial charge in [-0.1, -0.05) is 19.1 Å². The van der Waals surface area contributed by atoms with Gasteiger partial charge < -0.3 is 0 Å². The van der Waals surface area contributed by atoms with Gasteiger partial charge in [0, 0.05) is 0 Å². The van der Waals surface area contributed by atoms with E-state index in [4.69, 9.17) is 5.26 Å². The second-order valence-electron chi connectivity index (χ2n) is 3.98. The van der Waals surface area contributed by atoms with Crippen molar-refractivity contribution in [2.45, 2.75) is 38.1 Å². The summed E-state index contributed by atoms with van der Waals surface area (Å²) in [6.45, 7) is 5.33. The van der Waals surface area contributed by atoms with Crippen LogP contribution in [0.25, 0.3) is 0 Å². The minimum absolute atomic E-state index is 0.242. The number of sulfonamides is 1. The lowest BCUT2D eigenvalue weighted by molar-refractivity contribution is 0.569. The van der Waals surface area contributed by atoms with Gasteiger partial charge in [0.1, 0.15) is 6.04 Å². The lowest BCUT2D eigenvalue weighted by Crippen LogP contribution is -2.33. The third-order valence-electron chi connectivity index (χ3n) is 2.49. The number of nitrogens with one attached hydrogen (secondary N) is 1. The number of hydrogen-bond acceptors (Lipinski definition) is 3. The molecule has 0 aliphatic carbocycles. The van der Waals surface area contributed by atoms with Crippen molar-refractivity contribution < 1.29 is 8.42 Å². The summed E-state index contributed by atoms with van der Waals surface area (Å²) in [5.41, 5.74) is 1.55. The molecule has 1 aromatic rings. The van der Waals surface area contributed by atoms with E-state index in [0.29, 0.717) is 12.0 Å². The predicted molar refractivity (Wildman–Crippen MR) is 65.9 cm³/mol. The van der Waals surface area contributed by atoms with Gasteiger partial charge in [0.15, 0.2) is 0 Å². The lowest BCUT2D eigenvalue weighted by Gasteiger charge is -2.12. The van der Waals surface area contributed by atoms with Crippen molar-refractivity contribution in [3.8, 4) is 6.07 Å². The Labute approximate surface area is 102 Å². The highest BCUT2D eigenvalue weighted by atomic mass is 32.2. The van der Waals surface area contributed by atoms with Crippen LogP contribution in [0.4, 0.5) is 0 Å². The first-order chi connectivity index (χ1) is 7.90. The van der Waals surface area contributed by atoms with Crippen LogP contribution in [0.15, 0.2) is 23.1 Å². The maximum atomic E-state index is 12.1. The molecular weight excluding hydrogens is 236 g/mol. The maximum absolute atomic E-state index is 12.1. The molecule has 5 heteroatoms. The molecule has 1 unspecified atom stereocenters. The fraction of sp³-hybridized carbons (Fsp3) is 0.417. The predicted octanol–water partition coefficient (Wildman–Crippen LogP) is 1.88. The first kappa shape index (κ1) is 13.7. The van der Waals surface area contributed by atoms with Crippen LogP contribution >= 0.6 is 0 Å². The SMILES string of the molecule is CCC(C#N)NS(=O)(=O)c1cc(C)ccc1C. The standard InChI is InChI=1S/C12H16N2O2S/c1-4-11(8-13)14-17(15,16)12-7-9(2)5-6-10(12)3/h5-7,11,14H,4H2,1-3H3. The fourth-order valence-electron chi connectivity index (χ4n) is 1.45. The molecule has 0 fully saturated rings. The Bertz CT molecular complexity index is 544. The van der Waals surface area contributed by atoms with Crippen molar-refractivity contribution in [2.75, 3.05) is 0 Å². The van der Waals surface area contributed by atoms with Crippen LogP contribution in [0.1, 0.15) is 24.5 Å². The number of nitrogens with zero attached hydrogens (tertiary/aromatic N) is 1. The molecule has 0 amide bonds. The van der Waals surface area contributed by atoms with Crippen LogP contribution in [-0.2, 0) is 10.0 Å². The highest BCUT2D eigenvalue weighted by Crippen LogP contribution is 2.17. The van der Waals surface area contributed by atoms with E-state index >= 15 is 0 Å². The first-order valence-electron chi connectivity index (χ1n) is 5.40. The van der Waals surface area contributed by atoms with Crippen LogP contribution in [0, 0.1) is 25.2 Å². The summed E-state index contributed by atoms with van der Waals surface area (Å²) in [5.74, 6) is 0. The molecule has 0 saturated carbocycles. The van der Waals surface area contributed by atoms with E-state index in [2.05, 4.69) is 4.72 Å². The highest BCUT2D eigenvalue weighted by molar-refractivity contribution is 7.89. The van der Waals surface area contributed by atoms with Gasteiger partial charge >= 0.3 is 0 Å². The van der Waals surface area contributed by atoms with E-state index in [0.717, 1.165) is 5.56 Å². The van der Waals surface area contributed by atoms with E-state index < -0.39 is 16.1 Å². The average Bonchev–Trinajstić information content (AvgIpc) is 2.29. The molecule has 1 aromatic carbocycles. The van der Waals surface area contributed by atoms with Crippen molar-refractivity contribution in [3.63, 3.8) is 0 Å². The smallest absolute Gasteiger partial charge is 0.207 e. The Morgan fingerprint density at radius 1 is 1.41 bits per heavy atom. The molecule has 4 nitrogen and oxygen atoms in total. The van der Waals surface area contributed by atoms with Gasteiger partial charge in [0.05, 0.1) is 11.0 Å². The minimum Gasteiger partial charge on any atom is -0.207 e. The minimum atomic E-state index is -3.61. The van der Waals surface area contributed by atoms with Crippen LogP contribution in [0.2, 0.25) is 0 Å². The largest absolute Gasteiger partial charge is 0.241 e. The zero-order chi connectivity index (χ0) is 13.1. The Morgan fingerprint density at radius 3 is 2.59 bits per heavy atom. The number of nitriles is 1. The Balaban J connectivity index is 3.14. The Hall–Kier alpha value is -1.38.